The summed E-state index contributed by atoms with van der Waals surface area (Å²) in [5.74, 6) is -0.0586. The van der Waals surface area contributed by atoms with E-state index in [1.54, 1.807) is 10.9 Å². The number of fused-ring (bicyclic) bond motifs is 1. The van der Waals surface area contributed by atoms with Crippen LogP contribution in [0, 0.1) is 0 Å². The number of aromatic nitrogens is 4. The lowest BCUT2D eigenvalue weighted by Gasteiger charge is -2.19. The van der Waals surface area contributed by atoms with Crippen molar-refractivity contribution in [3.8, 4) is 0 Å². The molecule has 0 aromatic carbocycles. The third-order valence-electron chi connectivity index (χ3n) is 3.79. The van der Waals surface area contributed by atoms with Crippen LogP contribution in [0.15, 0.2) is 17.3 Å². The molecular weight excluding hydrogens is 294 g/mol. The first kappa shape index (κ1) is 17.2. The van der Waals surface area contributed by atoms with Crippen LogP contribution in [-0.2, 0) is 16.9 Å². The lowest BCUT2D eigenvalue weighted by Crippen LogP contribution is -2.33. The number of hydrogen-bond donors (Lipinski definition) is 1. The molecule has 0 aliphatic carbocycles. The molecule has 0 aliphatic heterocycles. The summed E-state index contributed by atoms with van der Waals surface area (Å²) >= 11 is 0. The Labute approximate surface area is 135 Å². The first-order valence-corrected chi connectivity index (χ1v) is 7.97. The van der Waals surface area contributed by atoms with E-state index in [4.69, 9.17) is 0 Å². The van der Waals surface area contributed by atoms with Crippen LogP contribution in [0.25, 0.3) is 11.0 Å². The molecule has 0 spiro atoms. The molecule has 1 atom stereocenters. The van der Waals surface area contributed by atoms with Crippen molar-refractivity contribution in [1.82, 2.24) is 24.6 Å². The summed E-state index contributed by atoms with van der Waals surface area (Å²) in [7, 11) is 0. The zero-order valence-electron chi connectivity index (χ0n) is 14.5. The van der Waals surface area contributed by atoms with E-state index >= 15 is 0 Å². The van der Waals surface area contributed by atoms with E-state index in [9.17, 15) is 9.59 Å². The monoisotopic (exact) mass is 319 g/mol. The molecule has 7 heteroatoms. The van der Waals surface area contributed by atoms with Gasteiger partial charge in [0.2, 0.25) is 5.91 Å². The van der Waals surface area contributed by atoms with Gasteiger partial charge >= 0.3 is 0 Å². The fourth-order valence-corrected chi connectivity index (χ4v) is 2.27. The van der Waals surface area contributed by atoms with Crippen molar-refractivity contribution in [2.45, 2.75) is 65.6 Å². The summed E-state index contributed by atoms with van der Waals surface area (Å²) in [6.07, 6.45) is 4.17. The van der Waals surface area contributed by atoms with E-state index in [0.717, 1.165) is 6.42 Å². The van der Waals surface area contributed by atoms with Crippen LogP contribution in [0.5, 0.6) is 0 Å². The Kier molecular flexibility index (Phi) is 4.87. The van der Waals surface area contributed by atoms with Gasteiger partial charge in [0.15, 0.2) is 5.65 Å². The zero-order valence-corrected chi connectivity index (χ0v) is 14.5. The van der Waals surface area contributed by atoms with Gasteiger partial charge in [-0.15, -0.1) is 0 Å². The Morgan fingerprint density at radius 3 is 2.70 bits per heavy atom. The number of hydrogen-bond acceptors (Lipinski definition) is 4. The maximum atomic E-state index is 12.5. The second-order valence-corrected chi connectivity index (χ2v) is 6.83. The number of amides is 1. The second kappa shape index (κ2) is 6.52. The zero-order chi connectivity index (χ0) is 17.2. The predicted octanol–water partition coefficient (Wildman–Crippen LogP) is 1.65. The number of rotatable bonds is 5. The second-order valence-electron chi connectivity index (χ2n) is 6.83. The van der Waals surface area contributed by atoms with Crippen LogP contribution in [0.4, 0.5) is 0 Å². The van der Waals surface area contributed by atoms with E-state index in [-0.39, 0.29) is 29.5 Å². The smallest absolute Gasteiger partial charge is 0.264 e. The highest BCUT2D eigenvalue weighted by Gasteiger charge is 2.19. The van der Waals surface area contributed by atoms with Crippen LogP contribution in [0.1, 0.15) is 47.5 Å². The summed E-state index contributed by atoms with van der Waals surface area (Å²) in [6, 6.07) is 0.143. The highest BCUT2D eigenvalue weighted by atomic mass is 16.2. The van der Waals surface area contributed by atoms with Gasteiger partial charge in [-0.2, -0.15) is 5.10 Å². The highest BCUT2D eigenvalue weighted by molar-refractivity contribution is 5.76. The molecule has 0 radical (unpaired) electrons. The van der Waals surface area contributed by atoms with Crippen molar-refractivity contribution in [1.29, 1.82) is 0 Å². The first-order valence-electron chi connectivity index (χ1n) is 7.97. The number of carbonyl (C=O) groups is 1. The van der Waals surface area contributed by atoms with Crippen molar-refractivity contribution in [3.63, 3.8) is 0 Å². The highest BCUT2D eigenvalue weighted by Crippen LogP contribution is 2.17. The fourth-order valence-electron chi connectivity index (χ4n) is 2.27. The summed E-state index contributed by atoms with van der Waals surface area (Å²) in [4.78, 5) is 28.7. The topological polar surface area (TPSA) is 81.8 Å². The largest absolute Gasteiger partial charge is 0.354 e. The Morgan fingerprint density at radius 1 is 1.39 bits per heavy atom. The molecule has 2 aromatic rings. The van der Waals surface area contributed by atoms with Gasteiger partial charge in [0, 0.05) is 19.0 Å². The maximum Gasteiger partial charge on any atom is 0.264 e. The van der Waals surface area contributed by atoms with E-state index < -0.39 is 0 Å². The summed E-state index contributed by atoms with van der Waals surface area (Å²) < 4.78 is 3.21. The molecule has 2 aromatic heterocycles. The minimum absolute atomic E-state index is 0.0586. The fraction of sp³-hybridized carbons (Fsp3) is 0.625. The van der Waals surface area contributed by atoms with Crippen molar-refractivity contribution in [2.24, 2.45) is 0 Å². The molecule has 23 heavy (non-hydrogen) atoms. The molecule has 0 saturated heterocycles. The van der Waals surface area contributed by atoms with Gasteiger partial charge in [-0.1, -0.05) is 6.92 Å². The van der Waals surface area contributed by atoms with Gasteiger partial charge in [0.25, 0.3) is 5.56 Å². The Balaban J connectivity index is 2.19. The maximum absolute atomic E-state index is 12.5. The molecule has 0 aliphatic rings. The molecular formula is C16H25N5O2. The molecule has 0 saturated carbocycles. The summed E-state index contributed by atoms with van der Waals surface area (Å²) in [5.41, 5.74) is 0.161. The average Bonchev–Trinajstić information content (AvgIpc) is 2.91. The molecule has 1 N–H and O–H groups in total. The van der Waals surface area contributed by atoms with Crippen LogP contribution >= 0.6 is 0 Å². The molecule has 126 valence electrons. The summed E-state index contributed by atoms with van der Waals surface area (Å²) in [5, 5.41) is 7.64. The number of aryl methyl sites for hydroxylation is 1. The van der Waals surface area contributed by atoms with Crippen LogP contribution in [0.3, 0.4) is 0 Å². The average molecular weight is 319 g/mol. The van der Waals surface area contributed by atoms with Crippen LogP contribution in [-0.4, -0.2) is 31.3 Å². The van der Waals surface area contributed by atoms with Crippen molar-refractivity contribution < 1.29 is 4.79 Å². The lowest BCUT2D eigenvalue weighted by molar-refractivity contribution is -0.121. The van der Waals surface area contributed by atoms with Gasteiger partial charge in [-0.05, 0) is 34.1 Å². The van der Waals surface area contributed by atoms with E-state index in [1.165, 1.54) is 10.9 Å². The lowest BCUT2D eigenvalue weighted by atomic mass is 10.1. The molecule has 1 amide bonds. The normalized spacial score (nSPS) is 13.3. The van der Waals surface area contributed by atoms with Crippen LogP contribution < -0.4 is 10.9 Å². The van der Waals surface area contributed by atoms with Crippen LogP contribution in [0.2, 0.25) is 0 Å². The molecule has 2 rings (SSSR count). The number of nitrogens with zero attached hydrogens (tertiary/aromatic N) is 4. The van der Waals surface area contributed by atoms with E-state index in [1.807, 2.05) is 34.6 Å². The SMILES string of the molecule is CCC(C)NC(=O)CCn1cnc2c(cnn2C(C)(C)C)c1=O. The van der Waals surface area contributed by atoms with Crippen molar-refractivity contribution in [2.75, 3.05) is 0 Å². The first-order chi connectivity index (χ1) is 10.7. The quantitative estimate of drug-likeness (QED) is 0.908. The van der Waals surface area contributed by atoms with Gasteiger partial charge < -0.3 is 5.32 Å². The molecule has 0 bridgehead atoms. The number of nitrogens with one attached hydrogen (secondary N) is 1. The van der Waals surface area contributed by atoms with Gasteiger partial charge in [-0.3, -0.25) is 14.2 Å². The van der Waals surface area contributed by atoms with E-state index in [0.29, 0.717) is 17.6 Å². The minimum atomic E-state index is -0.246. The Morgan fingerprint density at radius 2 is 2.09 bits per heavy atom. The van der Waals surface area contributed by atoms with Crippen molar-refractivity contribution >= 4 is 16.9 Å². The Hall–Kier alpha value is -2.18. The Bertz CT molecular complexity index is 754. The van der Waals surface area contributed by atoms with Crippen molar-refractivity contribution in [3.05, 3.63) is 22.9 Å². The summed E-state index contributed by atoms with van der Waals surface area (Å²) in [6.45, 7) is 10.3. The third-order valence-corrected chi connectivity index (χ3v) is 3.79. The van der Waals surface area contributed by atoms with E-state index in [2.05, 4.69) is 15.4 Å². The molecule has 1 unspecified atom stereocenters. The van der Waals surface area contributed by atoms with Gasteiger partial charge in [-0.25, -0.2) is 9.67 Å². The predicted molar refractivity (Wildman–Crippen MR) is 89.3 cm³/mol. The van der Waals surface area contributed by atoms with Gasteiger partial charge in [0.05, 0.1) is 18.1 Å². The molecule has 7 nitrogen and oxygen atoms in total. The molecule has 2 heterocycles. The third kappa shape index (κ3) is 3.78. The molecule has 0 fully saturated rings. The standard InChI is InChI=1S/C16H25N5O2/c1-6-11(2)19-13(22)7-8-20-10-17-14-12(15(20)23)9-18-21(14)16(3,4)5/h9-11H,6-8H2,1-5H3,(H,19,22). The minimum Gasteiger partial charge on any atom is -0.354 e. The van der Waals surface area contributed by atoms with Gasteiger partial charge in [0.1, 0.15) is 5.39 Å². The number of carbonyl (C=O) groups excluding carboxylic acids is 1.